The molecule has 15 heavy (non-hydrogen) atoms. The van der Waals surface area contributed by atoms with Crippen molar-refractivity contribution < 1.29 is 18.3 Å². The monoisotopic (exact) mass is 237 g/mol. The largest absolute Gasteiger partial charge is 0.396 e. The van der Waals surface area contributed by atoms with Gasteiger partial charge in [-0.05, 0) is 18.8 Å². The second-order valence-corrected chi connectivity index (χ2v) is 5.78. The Morgan fingerprint density at radius 1 is 1.47 bits per heavy atom. The zero-order valence-electron chi connectivity index (χ0n) is 8.98. The van der Waals surface area contributed by atoms with Gasteiger partial charge in [0.05, 0.1) is 12.4 Å². The number of hydrogen-bond acceptors (Lipinski definition) is 4. The standard InChI is InChI=1S/C9H19NO4S/c1-14-5-6-15(12,13)10-9-4-2-3-8(9)7-11/h8-11H,2-7H2,1H3. The lowest BCUT2D eigenvalue weighted by Crippen LogP contribution is -2.40. The van der Waals surface area contributed by atoms with Gasteiger partial charge in [-0.25, -0.2) is 13.1 Å². The maximum Gasteiger partial charge on any atom is 0.214 e. The van der Waals surface area contributed by atoms with Crippen LogP contribution in [0.3, 0.4) is 0 Å². The summed E-state index contributed by atoms with van der Waals surface area (Å²) in [6.45, 7) is 0.253. The third-order valence-electron chi connectivity index (χ3n) is 2.78. The zero-order chi connectivity index (χ0) is 11.3. The van der Waals surface area contributed by atoms with Crippen LogP contribution in [0.4, 0.5) is 0 Å². The van der Waals surface area contributed by atoms with E-state index in [4.69, 9.17) is 9.84 Å². The fourth-order valence-electron chi connectivity index (χ4n) is 1.89. The first kappa shape index (κ1) is 12.9. The summed E-state index contributed by atoms with van der Waals surface area (Å²) < 4.78 is 30.4. The summed E-state index contributed by atoms with van der Waals surface area (Å²) >= 11 is 0. The van der Waals surface area contributed by atoms with Crippen molar-refractivity contribution in [1.82, 2.24) is 4.72 Å². The first-order valence-corrected chi connectivity index (χ1v) is 6.84. The van der Waals surface area contributed by atoms with E-state index >= 15 is 0 Å². The van der Waals surface area contributed by atoms with E-state index in [1.165, 1.54) is 7.11 Å². The molecule has 0 radical (unpaired) electrons. The second-order valence-electron chi connectivity index (χ2n) is 3.91. The number of sulfonamides is 1. The fraction of sp³-hybridized carbons (Fsp3) is 1.00. The van der Waals surface area contributed by atoms with Crippen LogP contribution in [0.2, 0.25) is 0 Å². The van der Waals surface area contributed by atoms with Crippen LogP contribution in [0.25, 0.3) is 0 Å². The third kappa shape index (κ3) is 4.06. The van der Waals surface area contributed by atoms with E-state index in [9.17, 15) is 8.42 Å². The van der Waals surface area contributed by atoms with E-state index in [-0.39, 0.29) is 30.9 Å². The highest BCUT2D eigenvalue weighted by molar-refractivity contribution is 7.89. The molecular formula is C9H19NO4S. The lowest BCUT2D eigenvalue weighted by molar-refractivity contribution is 0.210. The molecule has 0 aliphatic heterocycles. The van der Waals surface area contributed by atoms with Crippen molar-refractivity contribution in [2.24, 2.45) is 5.92 Å². The minimum absolute atomic E-state index is 0.0157. The molecule has 90 valence electrons. The van der Waals surface area contributed by atoms with Crippen LogP contribution in [-0.4, -0.2) is 45.6 Å². The number of rotatable bonds is 6. The highest BCUT2D eigenvalue weighted by atomic mass is 32.2. The van der Waals surface area contributed by atoms with Gasteiger partial charge in [-0.1, -0.05) is 6.42 Å². The second kappa shape index (κ2) is 5.79. The van der Waals surface area contributed by atoms with Crippen LogP contribution in [0, 0.1) is 5.92 Å². The quantitative estimate of drug-likeness (QED) is 0.666. The van der Waals surface area contributed by atoms with E-state index < -0.39 is 10.0 Å². The Kier molecular flexibility index (Phi) is 4.98. The predicted molar refractivity (Wildman–Crippen MR) is 57.0 cm³/mol. The van der Waals surface area contributed by atoms with Gasteiger partial charge in [0, 0.05) is 19.8 Å². The predicted octanol–water partition coefficient (Wildman–Crippen LogP) is -0.287. The summed E-state index contributed by atoms with van der Waals surface area (Å²) in [5, 5.41) is 9.05. The van der Waals surface area contributed by atoms with E-state index in [2.05, 4.69) is 4.72 Å². The molecule has 2 unspecified atom stereocenters. The summed E-state index contributed by atoms with van der Waals surface area (Å²) in [7, 11) is -1.78. The highest BCUT2D eigenvalue weighted by Crippen LogP contribution is 2.25. The molecule has 2 N–H and O–H groups in total. The minimum Gasteiger partial charge on any atom is -0.396 e. The Bertz CT molecular complexity index is 278. The summed E-state index contributed by atoms with van der Waals surface area (Å²) in [5.74, 6) is 0.0559. The molecule has 1 saturated carbocycles. The van der Waals surface area contributed by atoms with Gasteiger partial charge >= 0.3 is 0 Å². The van der Waals surface area contributed by atoms with Gasteiger partial charge in [0.15, 0.2) is 0 Å². The molecule has 1 rings (SSSR count). The first-order chi connectivity index (χ1) is 7.09. The number of ether oxygens (including phenoxy) is 1. The summed E-state index contributed by atoms with van der Waals surface area (Å²) in [6, 6.07) is -0.100. The smallest absolute Gasteiger partial charge is 0.214 e. The van der Waals surface area contributed by atoms with Crippen molar-refractivity contribution in [3.8, 4) is 0 Å². The molecule has 1 aliphatic rings. The molecule has 1 aliphatic carbocycles. The van der Waals surface area contributed by atoms with Gasteiger partial charge in [-0.2, -0.15) is 0 Å². The van der Waals surface area contributed by atoms with Crippen LogP contribution >= 0.6 is 0 Å². The van der Waals surface area contributed by atoms with Crippen molar-refractivity contribution in [3.05, 3.63) is 0 Å². The Morgan fingerprint density at radius 2 is 2.20 bits per heavy atom. The molecule has 6 heteroatoms. The van der Waals surface area contributed by atoms with E-state index in [0.29, 0.717) is 0 Å². The van der Waals surface area contributed by atoms with Crippen molar-refractivity contribution in [1.29, 1.82) is 0 Å². The van der Waals surface area contributed by atoms with Gasteiger partial charge in [-0.3, -0.25) is 0 Å². The summed E-state index contributed by atoms with van der Waals surface area (Å²) in [4.78, 5) is 0. The lowest BCUT2D eigenvalue weighted by atomic mass is 10.1. The topological polar surface area (TPSA) is 75.6 Å². The number of methoxy groups -OCH3 is 1. The summed E-state index contributed by atoms with van der Waals surface area (Å²) in [5.41, 5.74) is 0. The van der Waals surface area contributed by atoms with E-state index in [0.717, 1.165) is 19.3 Å². The van der Waals surface area contributed by atoms with Crippen LogP contribution < -0.4 is 4.72 Å². The number of aliphatic hydroxyl groups is 1. The number of aliphatic hydroxyl groups excluding tert-OH is 1. The third-order valence-corrected chi connectivity index (χ3v) is 4.15. The fourth-order valence-corrected chi connectivity index (χ4v) is 3.17. The summed E-state index contributed by atoms with van der Waals surface area (Å²) in [6.07, 6.45) is 2.69. The van der Waals surface area contributed by atoms with Gasteiger partial charge < -0.3 is 9.84 Å². The molecule has 0 spiro atoms. The van der Waals surface area contributed by atoms with Crippen molar-refractivity contribution in [2.45, 2.75) is 25.3 Å². The molecule has 0 saturated heterocycles. The van der Waals surface area contributed by atoms with Gasteiger partial charge in [-0.15, -0.1) is 0 Å². The maximum absolute atomic E-state index is 11.5. The molecule has 0 amide bonds. The molecule has 5 nitrogen and oxygen atoms in total. The van der Waals surface area contributed by atoms with Gasteiger partial charge in [0.1, 0.15) is 0 Å². The lowest BCUT2D eigenvalue weighted by Gasteiger charge is -2.18. The molecule has 0 aromatic rings. The minimum atomic E-state index is -3.26. The molecule has 0 heterocycles. The zero-order valence-corrected chi connectivity index (χ0v) is 9.79. The van der Waals surface area contributed by atoms with Gasteiger partial charge in [0.2, 0.25) is 10.0 Å². The van der Waals surface area contributed by atoms with Crippen molar-refractivity contribution in [2.75, 3.05) is 26.1 Å². The average molecular weight is 237 g/mol. The molecular weight excluding hydrogens is 218 g/mol. The van der Waals surface area contributed by atoms with Crippen LogP contribution in [0.5, 0.6) is 0 Å². The van der Waals surface area contributed by atoms with Crippen molar-refractivity contribution >= 4 is 10.0 Å². The van der Waals surface area contributed by atoms with E-state index in [1.807, 2.05) is 0 Å². The van der Waals surface area contributed by atoms with Crippen molar-refractivity contribution in [3.63, 3.8) is 0 Å². The molecule has 2 atom stereocenters. The maximum atomic E-state index is 11.5. The Labute approximate surface area is 90.9 Å². The average Bonchev–Trinajstić information content (AvgIpc) is 2.61. The van der Waals surface area contributed by atoms with Crippen LogP contribution in [0.1, 0.15) is 19.3 Å². The Morgan fingerprint density at radius 3 is 2.80 bits per heavy atom. The normalized spacial score (nSPS) is 27.1. The molecule has 1 fully saturated rings. The Hall–Kier alpha value is -0.170. The van der Waals surface area contributed by atoms with Crippen LogP contribution in [0.15, 0.2) is 0 Å². The molecule has 0 bridgehead atoms. The van der Waals surface area contributed by atoms with Crippen LogP contribution in [-0.2, 0) is 14.8 Å². The first-order valence-electron chi connectivity index (χ1n) is 5.19. The molecule has 0 aromatic carbocycles. The number of nitrogens with one attached hydrogen (secondary N) is 1. The van der Waals surface area contributed by atoms with E-state index in [1.54, 1.807) is 0 Å². The number of hydrogen-bond donors (Lipinski definition) is 2. The SMILES string of the molecule is COCCS(=O)(=O)NC1CCCC1CO. The Balaban J connectivity index is 2.45. The molecule has 0 aromatic heterocycles. The van der Waals surface area contributed by atoms with Gasteiger partial charge in [0.25, 0.3) is 0 Å². The highest BCUT2D eigenvalue weighted by Gasteiger charge is 2.29.